The molecule has 1 spiro atoms. The zero-order valence-electron chi connectivity index (χ0n) is 13.3. The Morgan fingerprint density at radius 2 is 2.09 bits per heavy atom. The van der Waals surface area contributed by atoms with Gasteiger partial charge in [0.25, 0.3) is 5.91 Å². The van der Waals surface area contributed by atoms with E-state index in [0.717, 1.165) is 6.42 Å². The molecule has 2 fully saturated rings. The van der Waals surface area contributed by atoms with Crippen LogP contribution in [-0.2, 0) is 0 Å². The Morgan fingerprint density at radius 3 is 2.57 bits per heavy atom. The molecule has 1 unspecified atom stereocenters. The van der Waals surface area contributed by atoms with Gasteiger partial charge in [0, 0.05) is 19.1 Å². The average Bonchev–Trinajstić information content (AvgIpc) is 2.93. The fourth-order valence-electron chi connectivity index (χ4n) is 3.77. The van der Waals surface area contributed by atoms with Crippen molar-refractivity contribution in [3.05, 3.63) is 11.9 Å². The number of rotatable bonds is 2. The lowest BCUT2D eigenvalue weighted by molar-refractivity contribution is -0.235. The van der Waals surface area contributed by atoms with Crippen LogP contribution in [0.15, 0.2) is 6.20 Å². The Balaban J connectivity index is 1.76. The summed E-state index contributed by atoms with van der Waals surface area (Å²) in [6.07, 6.45) is -0.752. The van der Waals surface area contributed by atoms with Gasteiger partial charge in [-0.15, -0.1) is 5.10 Å². The predicted octanol–water partition coefficient (Wildman–Crippen LogP) is 3.05. The van der Waals surface area contributed by atoms with E-state index in [4.69, 9.17) is 0 Å². The van der Waals surface area contributed by atoms with Crippen molar-refractivity contribution in [1.82, 2.24) is 19.9 Å². The number of carbonyl (C=O) groups is 1. The molecule has 1 saturated carbocycles. The van der Waals surface area contributed by atoms with Crippen molar-refractivity contribution in [2.75, 3.05) is 13.1 Å². The minimum absolute atomic E-state index is 0.0203. The third-order valence-electron chi connectivity index (χ3n) is 5.22. The Hall–Kier alpha value is -1.60. The lowest BCUT2D eigenvalue weighted by Gasteiger charge is -2.54. The number of carbonyl (C=O) groups excluding carboxylic acids is 1. The number of amides is 1. The van der Waals surface area contributed by atoms with Crippen LogP contribution >= 0.6 is 0 Å². The Morgan fingerprint density at radius 1 is 1.39 bits per heavy atom. The smallest absolute Gasteiger partial charge is 0.337 e. The van der Waals surface area contributed by atoms with Gasteiger partial charge >= 0.3 is 6.18 Å². The average molecular weight is 330 g/mol. The number of likely N-dealkylation sites (tertiary alicyclic amines) is 1. The second-order valence-electron chi connectivity index (χ2n) is 7.00. The lowest BCUT2D eigenvalue weighted by atomic mass is 9.58. The van der Waals surface area contributed by atoms with E-state index in [1.165, 1.54) is 4.90 Å². The quantitative estimate of drug-likeness (QED) is 0.837. The fraction of sp³-hybridized carbons (Fsp3) is 0.800. The van der Waals surface area contributed by atoms with Crippen LogP contribution in [-0.4, -0.2) is 45.1 Å². The van der Waals surface area contributed by atoms with Crippen LogP contribution in [0.25, 0.3) is 0 Å². The minimum Gasteiger partial charge on any atom is -0.337 e. The standard InChI is InChI=1S/C15H21F3N4O/c1-10(2)22-8-11(19-20-22)13(23)21-7-4-12(15(16,17)18)14(9-21)5-3-6-14/h8,10,12H,3-7,9H2,1-2H3. The van der Waals surface area contributed by atoms with Crippen LogP contribution in [0.1, 0.15) is 56.1 Å². The molecular formula is C15H21F3N4O. The van der Waals surface area contributed by atoms with Gasteiger partial charge < -0.3 is 4.90 Å². The van der Waals surface area contributed by atoms with Gasteiger partial charge in [0.15, 0.2) is 5.69 Å². The van der Waals surface area contributed by atoms with Gasteiger partial charge in [-0.1, -0.05) is 11.6 Å². The van der Waals surface area contributed by atoms with Crippen molar-refractivity contribution < 1.29 is 18.0 Å². The van der Waals surface area contributed by atoms with Crippen LogP contribution < -0.4 is 0 Å². The zero-order valence-corrected chi connectivity index (χ0v) is 13.3. The number of hydrogen-bond acceptors (Lipinski definition) is 3. The van der Waals surface area contributed by atoms with Gasteiger partial charge in [-0.3, -0.25) is 4.79 Å². The normalized spacial score (nSPS) is 24.1. The van der Waals surface area contributed by atoms with Crippen LogP contribution in [0.4, 0.5) is 13.2 Å². The van der Waals surface area contributed by atoms with E-state index in [2.05, 4.69) is 10.3 Å². The summed E-state index contributed by atoms with van der Waals surface area (Å²) in [5.41, 5.74) is -0.584. The first-order chi connectivity index (χ1) is 10.7. The maximum absolute atomic E-state index is 13.3. The molecule has 8 heteroatoms. The van der Waals surface area contributed by atoms with Crippen molar-refractivity contribution in [2.24, 2.45) is 11.3 Å². The Bertz CT molecular complexity index is 592. The van der Waals surface area contributed by atoms with Crippen LogP contribution in [0.2, 0.25) is 0 Å². The number of halogens is 3. The molecule has 5 nitrogen and oxygen atoms in total. The number of piperidine rings is 1. The van der Waals surface area contributed by atoms with Crippen LogP contribution in [0.3, 0.4) is 0 Å². The lowest BCUT2D eigenvalue weighted by Crippen LogP contribution is -2.57. The molecule has 0 N–H and O–H groups in total. The molecule has 128 valence electrons. The second kappa shape index (κ2) is 5.49. The van der Waals surface area contributed by atoms with E-state index in [9.17, 15) is 18.0 Å². The van der Waals surface area contributed by atoms with E-state index >= 15 is 0 Å². The molecule has 2 aliphatic rings. The topological polar surface area (TPSA) is 51.0 Å². The molecule has 0 bridgehead atoms. The molecule has 0 radical (unpaired) electrons. The monoisotopic (exact) mass is 330 g/mol. The molecule has 1 saturated heterocycles. The molecule has 0 aromatic carbocycles. The Labute approximate surface area is 132 Å². The van der Waals surface area contributed by atoms with Crippen molar-refractivity contribution in [2.45, 2.75) is 51.7 Å². The summed E-state index contributed by atoms with van der Waals surface area (Å²) in [7, 11) is 0. The van der Waals surface area contributed by atoms with Gasteiger partial charge in [0.1, 0.15) is 0 Å². The molecule has 1 aromatic heterocycles. The van der Waals surface area contributed by atoms with Crippen molar-refractivity contribution in [3.8, 4) is 0 Å². The first-order valence-electron chi connectivity index (χ1n) is 8.01. The first-order valence-corrected chi connectivity index (χ1v) is 8.01. The second-order valence-corrected chi connectivity index (χ2v) is 7.00. The summed E-state index contributed by atoms with van der Waals surface area (Å²) in [5, 5.41) is 7.77. The maximum atomic E-state index is 13.3. The Kier molecular flexibility index (Phi) is 3.88. The highest BCUT2D eigenvalue weighted by molar-refractivity contribution is 5.92. The molecule has 1 aromatic rings. The van der Waals surface area contributed by atoms with Crippen molar-refractivity contribution >= 4 is 5.91 Å². The number of alkyl halides is 3. The zero-order chi connectivity index (χ0) is 16.8. The summed E-state index contributed by atoms with van der Waals surface area (Å²) in [6, 6.07) is 0.0815. The van der Waals surface area contributed by atoms with Gasteiger partial charge in [-0.25, -0.2) is 4.68 Å². The molecule has 1 atom stereocenters. The molecule has 1 aliphatic heterocycles. The minimum atomic E-state index is -4.18. The van der Waals surface area contributed by atoms with E-state index in [1.54, 1.807) is 10.9 Å². The van der Waals surface area contributed by atoms with E-state index in [0.29, 0.717) is 12.8 Å². The molecule has 1 amide bonds. The maximum Gasteiger partial charge on any atom is 0.392 e. The van der Waals surface area contributed by atoms with Crippen molar-refractivity contribution in [1.29, 1.82) is 0 Å². The highest BCUT2D eigenvalue weighted by Crippen LogP contribution is 2.56. The summed E-state index contributed by atoms with van der Waals surface area (Å²) >= 11 is 0. The van der Waals surface area contributed by atoms with Gasteiger partial charge in [-0.2, -0.15) is 13.2 Å². The number of hydrogen-bond donors (Lipinski definition) is 0. The largest absolute Gasteiger partial charge is 0.392 e. The summed E-state index contributed by atoms with van der Waals surface area (Å²) in [6.45, 7) is 4.13. The van der Waals surface area contributed by atoms with E-state index < -0.39 is 17.5 Å². The summed E-state index contributed by atoms with van der Waals surface area (Å²) in [4.78, 5) is 14.1. The first kappa shape index (κ1) is 16.3. The SMILES string of the molecule is CC(C)n1cc(C(=O)N2CCC(C(F)(F)F)C3(CCC3)C2)nn1. The number of nitrogens with zero attached hydrogens (tertiary/aromatic N) is 4. The van der Waals surface area contributed by atoms with E-state index in [-0.39, 0.29) is 37.2 Å². The van der Waals surface area contributed by atoms with Crippen LogP contribution in [0, 0.1) is 11.3 Å². The van der Waals surface area contributed by atoms with Gasteiger partial charge in [0.05, 0.1) is 12.1 Å². The van der Waals surface area contributed by atoms with E-state index in [1.807, 2.05) is 13.8 Å². The summed E-state index contributed by atoms with van der Waals surface area (Å²) in [5.74, 6) is -1.61. The third-order valence-corrected chi connectivity index (χ3v) is 5.22. The third kappa shape index (κ3) is 2.83. The van der Waals surface area contributed by atoms with Gasteiger partial charge in [-0.05, 0) is 38.5 Å². The highest BCUT2D eigenvalue weighted by Gasteiger charge is 2.58. The molecule has 23 heavy (non-hydrogen) atoms. The van der Waals surface area contributed by atoms with Crippen LogP contribution in [0.5, 0.6) is 0 Å². The molecule has 2 heterocycles. The van der Waals surface area contributed by atoms with Gasteiger partial charge in [0.2, 0.25) is 0 Å². The predicted molar refractivity (Wildman–Crippen MR) is 76.8 cm³/mol. The summed E-state index contributed by atoms with van der Waals surface area (Å²) < 4.78 is 41.4. The molecular weight excluding hydrogens is 309 g/mol. The highest BCUT2D eigenvalue weighted by atomic mass is 19.4. The van der Waals surface area contributed by atoms with Crippen molar-refractivity contribution in [3.63, 3.8) is 0 Å². The molecule has 3 rings (SSSR count). The fourth-order valence-corrected chi connectivity index (χ4v) is 3.77. The molecule has 1 aliphatic carbocycles. The number of aromatic nitrogens is 3.